The van der Waals surface area contributed by atoms with Gasteiger partial charge in [-0.05, 0) is 69.3 Å². The fourth-order valence-corrected chi connectivity index (χ4v) is 4.55. The topological polar surface area (TPSA) is 129 Å². The van der Waals surface area contributed by atoms with Crippen molar-refractivity contribution in [2.45, 2.75) is 45.3 Å². The monoisotopic (exact) mass is 575 g/mol. The number of rotatable bonds is 8. The molecule has 0 radical (unpaired) electrons. The molecule has 4 rings (SSSR count). The minimum absolute atomic E-state index is 0.204. The Morgan fingerprint density at radius 2 is 1.52 bits per heavy atom. The molecular weight excluding hydrogens is 538 g/mol. The van der Waals surface area contributed by atoms with Crippen LogP contribution in [0, 0.1) is 0 Å². The van der Waals surface area contributed by atoms with Gasteiger partial charge in [0.1, 0.15) is 29.0 Å². The molecule has 42 heavy (non-hydrogen) atoms. The first kappa shape index (κ1) is 30.2. The number of nitrogens with zero attached hydrogens (tertiary/aromatic N) is 1. The Morgan fingerprint density at radius 1 is 0.881 bits per heavy atom. The van der Waals surface area contributed by atoms with Gasteiger partial charge in [0.15, 0.2) is 5.78 Å². The molecule has 1 fully saturated rings. The fourth-order valence-electron chi connectivity index (χ4n) is 4.55. The largest absolute Gasteiger partial charge is 0.497 e. The summed E-state index contributed by atoms with van der Waals surface area (Å²) in [5.41, 5.74) is 6.99. The van der Waals surface area contributed by atoms with Crippen LogP contribution in [-0.2, 0) is 4.74 Å². The number of nitrogens with two attached hydrogens (primary N) is 1. The molecule has 1 saturated heterocycles. The average Bonchev–Trinajstić information content (AvgIpc) is 2.97. The van der Waals surface area contributed by atoms with Gasteiger partial charge in [0.2, 0.25) is 0 Å². The maximum atomic E-state index is 13.9. The van der Waals surface area contributed by atoms with Crippen molar-refractivity contribution in [1.29, 1.82) is 0 Å². The van der Waals surface area contributed by atoms with Crippen molar-refractivity contribution in [1.82, 2.24) is 4.90 Å². The van der Waals surface area contributed by atoms with E-state index in [2.05, 4.69) is 5.32 Å². The molecule has 10 nitrogen and oxygen atoms in total. The number of para-hydroxylation sites is 1. The van der Waals surface area contributed by atoms with Crippen molar-refractivity contribution in [3.05, 3.63) is 77.4 Å². The summed E-state index contributed by atoms with van der Waals surface area (Å²) in [5, 5.41) is 2.80. The van der Waals surface area contributed by atoms with E-state index >= 15 is 0 Å². The van der Waals surface area contributed by atoms with Crippen molar-refractivity contribution in [3.8, 4) is 17.2 Å². The maximum Gasteiger partial charge on any atom is 0.410 e. The Balaban J connectivity index is 1.55. The van der Waals surface area contributed by atoms with Crippen molar-refractivity contribution in [3.63, 3.8) is 0 Å². The number of methoxy groups -OCH3 is 2. The average molecular weight is 576 g/mol. The maximum absolute atomic E-state index is 13.9. The van der Waals surface area contributed by atoms with Crippen LogP contribution in [0.3, 0.4) is 0 Å². The molecule has 2 amide bonds. The molecule has 10 heteroatoms. The number of carbonyl (C=O) groups excluding carboxylic acids is 3. The number of hydrogen-bond acceptors (Lipinski definition) is 8. The van der Waals surface area contributed by atoms with Gasteiger partial charge in [-0.25, -0.2) is 4.79 Å². The molecule has 1 heterocycles. The molecular formula is C32H37N3O7. The highest BCUT2D eigenvalue weighted by atomic mass is 16.6. The Bertz CT molecular complexity index is 1440. The quantitative estimate of drug-likeness (QED) is 0.264. The van der Waals surface area contributed by atoms with Gasteiger partial charge in [-0.1, -0.05) is 6.07 Å². The van der Waals surface area contributed by atoms with Crippen LogP contribution in [0.2, 0.25) is 0 Å². The fraction of sp³-hybridized carbons (Fsp3) is 0.344. The lowest BCUT2D eigenvalue weighted by Gasteiger charge is -2.33. The number of amides is 2. The first-order valence-corrected chi connectivity index (χ1v) is 13.7. The number of likely N-dealkylation sites (tertiary alicyclic amines) is 1. The third-order valence-corrected chi connectivity index (χ3v) is 6.75. The summed E-state index contributed by atoms with van der Waals surface area (Å²) in [6, 6.07) is 16.4. The van der Waals surface area contributed by atoms with Gasteiger partial charge < -0.3 is 34.9 Å². The summed E-state index contributed by atoms with van der Waals surface area (Å²) in [6.45, 7) is 6.42. The van der Waals surface area contributed by atoms with Gasteiger partial charge in [0, 0.05) is 43.1 Å². The van der Waals surface area contributed by atoms with E-state index in [9.17, 15) is 14.4 Å². The van der Waals surface area contributed by atoms with Gasteiger partial charge in [-0.15, -0.1) is 0 Å². The predicted molar refractivity (Wildman–Crippen MR) is 160 cm³/mol. The standard InChI is InChI=1S/C32H37N3O7/c1-32(2,3)42-31(38)35-17-15-22(16-18-35)41-27-19-23(40-5)13-14-24(27)29(36)25-7-6-8-26(33)28(25)34-30(37)20-9-11-21(39-4)12-10-20/h6-14,19,22H,15-18,33H2,1-5H3,(H,34,37). The van der Waals surface area contributed by atoms with Crippen LogP contribution in [0.5, 0.6) is 17.2 Å². The van der Waals surface area contributed by atoms with Crippen LogP contribution >= 0.6 is 0 Å². The van der Waals surface area contributed by atoms with Crippen LogP contribution in [0.15, 0.2) is 60.7 Å². The van der Waals surface area contributed by atoms with E-state index in [1.807, 2.05) is 20.8 Å². The number of nitrogens with one attached hydrogen (secondary N) is 1. The highest BCUT2D eigenvalue weighted by molar-refractivity contribution is 6.18. The molecule has 0 bridgehead atoms. The molecule has 222 valence electrons. The van der Waals surface area contributed by atoms with E-state index in [0.29, 0.717) is 48.7 Å². The van der Waals surface area contributed by atoms with Crippen molar-refractivity contribution in [2.75, 3.05) is 38.4 Å². The third kappa shape index (κ3) is 7.31. The molecule has 3 aromatic rings. The number of carbonyl (C=O) groups is 3. The van der Waals surface area contributed by atoms with E-state index < -0.39 is 11.5 Å². The summed E-state index contributed by atoms with van der Waals surface area (Å²) in [6.07, 6.45) is 0.526. The molecule has 3 aromatic carbocycles. The Kier molecular flexibility index (Phi) is 9.25. The minimum Gasteiger partial charge on any atom is -0.497 e. The van der Waals surface area contributed by atoms with Gasteiger partial charge in [0.25, 0.3) is 5.91 Å². The van der Waals surface area contributed by atoms with Crippen molar-refractivity contribution < 1.29 is 33.3 Å². The number of ketones is 1. The van der Waals surface area contributed by atoms with E-state index in [1.54, 1.807) is 72.7 Å². The summed E-state index contributed by atoms with van der Waals surface area (Å²) >= 11 is 0. The lowest BCUT2D eigenvalue weighted by Crippen LogP contribution is -2.44. The molecule has 3 N–H and O–H groups in total. The number of ether oxygens (including phenoxy) is 4. The van der Waals surface area contributed by atoms with Gasteiger partial charge in [0.05, 0.1) is 31.2 Å². The van der Waals surface area contributed by atoms with Crippen LogP contribution in [0.1, 0.15) is 59.9 Å². The zero-order valence-electron chi connectivity index (χ0n) is 24.6. The second-order valence-electron chi connectivity index (χ2n) is 10.9. The van der Waals surface area contributed by atoms with E-state index in [0.717, 1.165) is 0 Å². The van der Waals surface area contributed by atoms with Gasteiger partial charge in [-0.2, -0.15) is 0 Å². The van der Waals surface area contributed by atoms with Gasteiger partial charge in [-0.3, -0.25) is 9.59 Å². The van der Waals surface area contributed by atoms with Crippen LogP contribution in [-0.4, -0.2) is 61.7 Å². The van der Waals surface area contributed by atoms with E-state index in [1.165, 1.54) is 7.11 Å². The third-order valence-electron chi connectivity index (χ3n) is 6.75. The van der Waals surface area contributed by atoms with Crippen molar-refractivity contribution in [2.24, 2.45) is 0 Å². The smallest absolute Gasteiger partial charge is 0.410 e. The lowest BCUT2D eigenvalue weighted by atomic mass is 9.99. The molecule has 0 spiro atoms. The number of nitrogen functional groups attached to an aromatic ring is 1. The van der Waals surface area contributed by atoms with Crippen LogP contribution in [0.4, 0.5) is 16.2 Å². The summed E-state index contributed by atoms with van der Waals surface area (Å²) in [7, 11) is 3.08. The molecule has 0 aromatic heterocycles. The van der Waals surface area contributed by atoms with E-state index in [-0.39, 0.29) is 40.5 Å². The van der Waals surface area contributed by atoms with E-state index in [4.69, 9.17) is 24.7 Å². The second-order valence-corrected chi connectivity index (χ2v) is 10.9. The predicted octanol–water partition coefficient (Wildman–Crippen LogP) is 5.55. The molecule has 0 saturated carbocycles. The number of benzene rings is 3. The number of anilines is 2. The first-order valence-electron chi connectivity index (χ1n) is 13.7. The second kappa shape index (κ2) is 12.8. The highest BCUT2D eigenvalue weighted by Crippen LogP contribution is 2.33. The van der Waals surface area contributed by atoms with Crippen molar-refractivity contribution >= 4 is 29.2 Å². The molecule has 0 atom stereocenters. The minimum atomic E-state index is -0.575. The highest BCUT2D eigenvalue weighted by Gasteiger charge is 2.29. The number of piperidine rings is 1. The SMILES string of the molecule is COc1ccc(C(=O)Nc2c(N)cccc2C(=O)c2ccc(OC)cc2OC2CCN(C(=O)OC(C)(C)C)CC2)cc1. The Hall–Kier alpha value is -4.73. The first-order chi connectivity index (χ1) is 20.0. The molecule has 1 aliphatic rings. The lowest BCUT2D eigenvalue weighted by molar-refractivity contribution is 0.0126. The molecule has 1 aliphatic heterocycles. The van der Waals surface area contributed by atoms with Crippen LogP contribution < -0.4 is 25.3 Å². The molecule has 0 aliphatic carbocycles. The summed E-state index contributed by atoms with van der Waals surface area (Å²) in [5.74, 6) is 0.672. The Labute approximate surface area is 245 Å². The summed E-state index contributed by atoms with van der Waals surface area (Å²) < 4.78 is 22.4. The summed E-state index contributed by atoms with van der Waals surface area (Å²) in [4.78, 5) is 41.1. The normalized spacial score (nSPS) is 13.7. The molecule has 0 unspecified atom stereocenters. The Morgan fingerprint density at radius 3 is 2.14 bits per heavy atom. The number of hydrogen-bond donors (Lipinski definition) is 2. The zero-order valence-corrected chi connectivity index (χ0v) is 24.6. The zero-order chi connectivity index (χ0) is 30.4. The van der Waals surface area contributed by atoms with Crippen LogP contribution in [0.25, 0.3) is 0 Å². The van der Waals surface area contributed by atoms with Gasteiger partial charge >= 0.3 is 6.09 Å².